The Balaban J connectivity index is 2.34. The second-order valence-corrected chi connectivity index (χ2v) is 1.18. The Hall–Kier alpha value is -0.430. The molecule has 2 heteroatoms. The van der Waals surface area contributed by atoms with Crippen LogP contribution in [-0.2, 0) is 4.74 Å². The Morgan fingerprint density at radius 1 is 1.83 bits per heavy atom. The highest BCUT2D eigenvalue weighted by molar-refractivity contribution is 6.25. The van der Waals surface area contributed by atoms with Gasteiger partial charge < -0.3 is 4.74 Å². The fourth-order valence-corrected chi connectivity index (χ4v) is 0.299. The molecule has 1 heterocycles. The maximum absolute atomic E-state index is 5.14. The first-order valence-electron chi connectivity index (χ1n) is 1.57. The van der Waals surface area contributed by atoms with E-state index in [4.69, 9.17) is 11.6 Å². The molecule has 0 saturated carbocycles. The Bertz CT molecular complexity index is 104. The summed E-state index contributed by atoms with van der Waals surface area (Å²) in [6.45, 7) is 0. The lowest BCUT2D eigenvalue weighted by Crippen LogP contribution is -1.44. The van der Waals surface area contributed by atoms with Crippen LogP contribution in [-0.4, -0.2) is 0 Å². The molecule has 0 aliphatic carbocycles. The van der Waals surface area contributed by atoms with E-state index in [1.165, 1.54) is 5.54 Å². The van der Waals surface area contributed by atoms with Crippen LogP contribution in [0.25, 0.3) is 0 Å². The average Bonchev–Trinajstić information content (AvgIpc) is 2.21. The van der Waals surface area contributed by atoms with Crippen molar-refractivity contribution < 1.29 is 4.74 Å². The van der Waals surface area contributed by atoms with Gasteiger partial charge in [0.15, 0.2) is 5.76 Å². The number of halogens is 1. The molecule has 0 aromatic carbocycles. The van der Waals surface area contributed by atoms with Crippen molar-refractivity contribution in [1.29, 1.82) is 0 Å². The summed E-state index contributed by atoms with van der Waals surface area (Å²) in [6, 6.07) is 0. The second-order valence-electron chi connectivity index (χ2n) is 0.931. The van der Waals surface area contributed by atoms with E-state index >= 15 is 0 Å². The van der Waals surface area contributed by atoms with Crippen molar-refractivity contribution in [2.24, 2.45) is 0 Å². The van der Waals surface area contributed by atoms with Gasteiger partial charge in [-0.2, -0.15) is 0 Å². The van der Waals surface area contributed by atoms with Gasteiger partial charge in [-0.3, -0.25) is 0 Å². The van der Waals surface area contributed by atoms with Gasteiger partial charge in [0, 0.05) is 5.54 Å². The lowest BCUT2D eigenvalue weighted by atomic mass is 10.6. The quantitative estimate of drug-likeness (QED) is 0.490. The first-order chi connectivity index (χ1) is 2.93. The van der Waals surface area contributed by atoms with E-state index in [1.807, 2.05) is 0 Å². The van der Waals surface area contributed by atoms with Crippen LogP contribution in [0.3, 0.4) is 0 Å². The molecule has 0 spiro atoms. The summed E-state index contributed by atoms with van der Waals surface area (Å²) in [5, 5.41) is 0. The van der Waals surface area contributed by atoms with Crippen molar-refractivity contribution in [1.82, 2.24) is 0 Å². The maximum Gasteiger partial charge on any atom is 0.162 e. The highest BCUT2D eigenvalue weighted by Gasteiger charge is 2.01. The number of allylic oxidation sites excluding steroid dienone is 1. The van der Waals surface area contributed by atoms with Crippen molar-refractivity contribution in [3.63, 3.8) is 0 Å². The fourth-order valence-electron chi connectivity index (χ4n) is 0.175. The predicted molar refractivity (Wildman–Crippen MR) is 24.2 cm³/mol. The minimum Gasteiger partial charge on any atom is -0.458 e. The molecule has 1 rings (SSSR count). The van der Waals surface area contributed by atoms with Crippen molar-refractivity contribution in [2.45, 2.75) is 0 Å². The van der Waals surface area contributed by atoms with Crippen LogP contribution in [0.2, 0.25) is 0 Å². The van der Waals surface area contributed by atoms with E-state index in [0.29, 0.717) is 0 Å². The van der Waals surface area contributed by atoms with Crippen LogP contribution in [0.15, 0.2) is 23.6 Å². The molecule has 0 amide bonds. The molecule has 0 fully saturated rings. The monoisotopic (exact) mass is 102 g/mol. The van der Waals surface area contributed by atoms with Crippen molar-refractivity contribution in [3.05, 3.63) is 23.6 Å². The number of ether oxygens (including phenoxy) is 1. The van der Waals surface area contributed by atoms with E-state index in [9.17, 15) is 0 Å². The van der Waals surface area contributed by atoms with E-state index in [1.54, 1.807) is 12.3 Å². The summed E-state index contributed by atoms with van der Waals surface area (Å²) in [5.74, 6) is 0.852. The third kappa shape index (κ3) is 0.760. The van der Waals surface area contributed by atoms with Gasteiger partial charge in [-0.25, -0.2) is 0 Å². The molecule has 32 valence electrons. The smallest absolute Gasteiger partial charge is 0.162 e. The summed E-state index contributed by atoms with van der Waals surface area (Å²) in [4.78, 5) is 0. The number of rotatable bonds is 1. The van der Waals surface area contributed by atoms with Gasteiger partial charge in [0.25, 0.3) is 0 Å². The molecule has 1 nitrogen and oxygen atoms in total. The molecular formula is C4H3ClO. The topological polar surface area (TPSA) is 12.5 Å². The number of hydrogen-bond donors (Lipinski definition) is 0. The lowest BCUT2D eigenvalue weighted by Gasteiger charge is -1.62. The maximum atomic E-state index is 5.14. The molecule has 0 saturated heterocycles. The first-order valence-corrected chi connectivity index (χ1v) is 2.01. The minimum absolute atomic E-state index is 0.852. The SMILES string of the molecule is Cl/C=C/C1=CO1. The standard InChI is InChI=1S/C4H3ClO/c5-2-1-4-3-6-4/h1-3H/b2-1+. The molecule has 0 radical (unpaired) electrons. The molecular weight excluding hydrogens is 99.5 g/mol. The Morgan fingerprint density at radius 3 is 2.67 bits per heavy atom. The van der Waals surface area contributed by atoms with Crippen LogP contribution < -0.4 is 0 Å². The van der Waals surface area contributed by atoms with E-state index in [0.717, 1.165) is 5.76 Å². The Kier molecular flexibility index (Phi) is 0.843. The summed E-state index contributed by atoms with van der Waals surface area (Å²) in [6.07, 6.45) is 3.31. The highest BCUT2D eigenvalue weighted by atomic mass is 35.5. The normalized spacial score (nSPS) is 17.2. The average molecular weight is 103 g/mol. The highest BCUT2D eigenvalue weighted by Crippen LogP contribution is 2.13. The predicted octanol–water partition coefficient (Wildman–Crippen LogP) is 1.61. The molecule has 0 aromatic rings. The minimum atomic E-state index is 0.852. The van der Waals surface area contributed by atoms with Gasteiger partial charge >= 0.3 is 0 Å². The molecule has 0 bridgehead atoms. The molecule has 0 atom stereocenters. The molecule has 0 unspecified atom stereocenters. The largest absolute Gasteiger partial charge is 0.458 e. The fraction of sp³-hybridized carbons (Fsp3) is 0. The van der Waals surface area contributed by atoms with Crippen LogP contribution in [0.1, 0.15) is 0 Å². The first kappa shape index (κ1) is 3.75. The zero-order valence-corrected chi connectivity index (χ0v) is 3.77. The van der Waals surface area contributed by atoms with Gasteiger partial charge in [-0.15, -0.1) is 0 Å². The van der Waals surface area contributed by atoms with Crippen LogP contribution in [0.4, 0.5) is 0 Å². The van der Waals surface area contributed by atoms with Gasteiger partial charge in [0.1, 0.15) is 6.26 Å². The summed E-state index contributed by atoms with van der Waals surface area (Å²) in [7, 11) is 0. The van der Waals surface area contributed by atoms with Gasteiger partial charge in [-0.1, -0.05) is 11.6 Å². The third-order valence-electron chi connectivity index (χ3n) is 0.481. The summed E-state index contributed by atoms with van der Waals surface area (Å²) >= 11 is 5.14. The molecule has 6 heavy (non-hydrogen) atoms. The summed E-state index contributed by atoms with van der Waals surface area (Å²) in [5.41, 5.74) is 1.42. The van der Waals surface area contributed by atoms with E-state index in [-0.39, 0.29) is 0 Å². The van der Waals surface area contributed by atoms with Crippen LogP contribution in [0, 0.1) is 0 Å². The van der Waals surface area contributed by atoms with Gasteiger partial charge in [-0.05, 0) is 6.08 Å². The Morgan fingerprint density at radius 2 is 2.50 bits per heavy atom. The van der Waals surface area contributed by atoms with Crippen molar-refractivity contribution in [2.75, 3.05) is 0 Å². The molecule has 1 aliphatic heterocycles. The zero-order valence-electron chi connectivity index (χ0n) is 3.02. The molecule has 1 aliphatic rings. The van der Waals surface area contributed by atoms with Crippen molar-refractivity contribution in [3.8, 4) is 0 Å². The van der Waals surface area contributed by atoms with Gasteiger partial charge in [0.05, 0.1) is 0 Å². The lowest BCUT2D eigenvalue weighted by molar-refractivity contribution is 0.516. The number of hydrogen-bond acceptors (Lipinski definition) is 1. The molecule has 0 N–H and O–H groups in total. The third-order valence-corrected chi connectivity index (χ3v) is 0.607. The second kappa shape index (κ2) is 1.35. The van der Waals surface area contributed by atoms with E-state index in [2.05, 4.69) is 4.74 Å². The zero-order chi connectivity index (χ0) is 4.41. The van der Waals surface area contributed by atoms with Crippen LogP contribution >= 0.6 is 11.6 Å². The van der Waals surface area contributed by atoms with Crippen molar-refractivity contribution >= 4 is 11.6 Å². The molecule has 0 aromatic heterocycles. The van der Waals surface area contributed by atoms with Crippen LogP contribution in [0.5, 0.6) is 0 Å². The van der Waals surface area contributed by atoms with Gasteiger partial charge in [0.2, 0.25) is 0 Å². The Labute approximate surface area is 40.9 Å². The summed E-state index contributed by atoms with van der Waals surface area (Å²) < 4.78 is 4.57. The van der Waals surface area contributed by atoms with E-state index < -0.39 is 0 Å².